The Bertz CT molecular complexity index is 1390. The van der Waals surface area contributed by atoms with Crippen molar-refractivity contribution in [2.75, 3.05) is 0 Å². The quantitative estimate of drug-likeness (QED) is 0.238. The number of hydrogen-bond acceptors (Lipinski definition) is 7. The summed E-state index contributed by atoms with van der Waals surface area (Å²) in [4.78, 5) is 13.8. The Kier molecular flexibility index (Phi) is 7.12. The van der Waals surface area contributed by atoms with Gasteiger partial charge in [-0.15, -0.1) is 0 Å². The third-order valence-corrected chi connectivity index (χ3v) is 13.7. The van der Waals surface area contributed by atoms with E-state index in [2.05, 4.69) is 39.8 Å². The van der Waals surface area contributed by atoms with Crippen LogP contribution >= 0.6 is 0 Å². The molecule has 7 heteroatoms. The van der Waals surface area contributed by atoms with Gasteiger partial charge in [-0.05, 0) is 110 Å². The lowest BCUT2D eigenvalue weighted by atomic mass is 9.42. The number of aryl methyl sites for hydroxylation is 1. The predicted molar refractivity (Wildman–Crippen MR) is 165 cm³/mol. The Hall–Kier alpha value is -2.03. The molecular formula is C37H50O7. The molecule has 0 bridgehead atoms. The summed E-state index contributed by atoms with van der Waals surface area (Å²) in [7, 11) is 0. The number of aliphatic hydroxyl groups is 4. The van der Waals surface area contributed by atoms with E-state index in [0.717, 1.165) is 11.1 Å². The van der Waals surface area contributed by atoms with Crippen LogP contribution in [0.4, 0.5) is 0 Å². The molecule has 0 unspecified atom stereocenters. The molecule has 7 nitrogen and oxygen atoms in total. The second-order valence-corrected chi connectivity index (χ2v) is 15.9. The van der Waals surface area contributed by atoms with Crippen molar-refractivity contribution in [2.45, 2.75) is 115 Å². The molecule has 13 atom stereocenters. The van der Waals surface area contributed by atoms with Gasteiger partial charge in [0.05, 0.1) is 23.9 Å². The molecule has 4 fully saturated rings. The molecule has 1 aliphatic heterocycles. The summed E-state index contributed by atoms with van der Waals surface area (Å²) >= 11 is 0. The number of rotatable bonds is 6. The highest BCUT2D eigenvalue weighted by Crippen LogP contribution is 2.73. The fourth-order valence-electron chi connectivity index (χ4n) is 11.1. The minimum absolute atomic E-state index is 0.0385. The Morgan fingerprint density at radius 1 is 1.07 bits per heavy atom. The third-order valence-electron chi connectivity index (χ3n) is 13.7. The lowest BCUT2D eigenvalue weighted by Gasteiger charge is -2.63. The van der Waals surface area contributed by atoms with E-state index in [1.807, 2.05) is 12.1 Å². The van der Waals surface area contributed by atoms with Gasteiger partial charge in [-0.1, -0.05) is 52.0 Å². The van der Waals surface area contributed by atoms with Crippen LogP contribution in [-0.4, -0.2) is 66.9 Å². The average Bonchev–Trinajstić information content (AvgIpc) is 3.72. The molecule has 0 spiro atoms. The zero-order valence-electron chi connectivity index (χ0n) is 26.5. The summed E-state index contributed by atoms with van der Waals surface area (Å²) in [6.07, 6.45) is 7.82. The Labute approximate surface area is 261 Å². The molecule has 44 heavy (non-hydrogen) atoms. The van der Waals surface area contributed by atoms with Gasteiger partial charge in [-0.25, -0.2) is 0 Å². The molecule has 1 saturated heterocycles. The first-order valence-corrected chi connectivity index (χ1v) is 16.9. The molecule has 1 heterocycles. The number of aromatic hydroxyl groups is 1. The molecule has 7 rings (SSSR count). The van der Waals surface area contributed by atoms with Crippen LogP contribution in [0, 0.1) is 46.3 Å². The molecule has 5 aliphatic carbocycles. The molecule has 0 radical (unpaired) electrons. The van der Waals surface area contributed by atoms with Gasteiger partial charge < -0.3 is 30.3 Å². The highest BCUT2D eigenvalue weighted by atomic mass is 16.6. The van der Waals surface area contributed by atoms with Crippen molar-refractivity contribution in [1.82, 2.24) is 0 Å². The normalized spacial score (nSPS) is 48.2. The van der Waals surface area contributed by atoms with E-state index in [1.165, 1.54) is 0 Å². The number of hydrogen-bond donors (Lipinski definition) is 5. The number of allylic oxidation sites excluding steroid dienone is 2. The summed E-state index contributed by atoms with van der Waals surface area (Å²) in [5.74, 6) is -0.0232. The van der Waals surface area contributed by atoms with Crippen molar-refractivity contribution in [3.8, 4) is 5.75 Å². The summed E-state index contributed by atoms with van der Waals surface area (Å²) < 4.78 is 6.34. The maximum Gasteiger partial charge on any atom is 0.159 e. The fourth-order valence-corrected chi connectivity index (χ4v) is 11.1. The molecule has 6 aliphatic rings. The van der Waals surface area contributed by atoms with E-state index in [1.54, 1.807) is 18.2 Å². The van der Waals surface area contributed by atoms with Crippen LogP contribution in [0.1, 0.15) is 78.2 Å². The van der Waals surface area contributed by atoms with E-state index in [4.69, 9.17) is 4.74 Å². The van der Waals surface area contributed by atoms with Crippen LogP contribution in [0.15, 0.2) is 48.1 Å². The maximum atomic E-state index is 13.8. The van der Waals surface area contributed by atoms with Gasteiger partial charge >= 0.3 is 0 Å². The monoisotopic (exact) mass is 606 g/mol. The first-order valence-electron chi connectivity index (χ1n) is 16.9. The van der Waals surface area contributed by atoms with Gasteiger partial charge in [0.15, 0.2) is 5.78 Å². The predicted octanol–water partition coefficient (Wildman–Crippen LogP) is 4.49. The summed E-state index contributed by atoms with van der Waals surface area (Å²) in [5.41, 5.74) is -2.09. The topological polar surface area (TPSA) is 131 Å². The van der Waals surface area contributed by atoms with Crippen LogP contribution in [0.5, 0.6) is 5.75 Å². The van der Waals surface area contributed by atoms with Gasteiger partial charge in [0, 0.05) is 17.3 Å². The average molecular weight is 607 g/mol. The second kappa shape index (κ2) is 10.2. The van der Waals surface area contributed by atoms with Crippen molar-refractivity contribution < 1.29 is 35.1 Å². The van der Waals surface area contributed by atoms with E-state index in [9.17, 15) is 30.3 Å². The van der Waals surface area contributed by atoms with Crippen molar-refractivity contribution in [1.29, 1.82) is 0 Å². The number of ether oxygens (including phenoxy) is 1. The Morgan fingerprint density at radius 2 is 1.84 bits per heavy atom. The van der Waals surface area contributed by atoms with E-state index >= 15 is 0 Å². The van der Waals surface area contributed by atoms with Crippen molar-refractivity contribution >= 4 is 5.78 Å². The van der Waals surface area contributed by atoms with E-state index in [0.29, 0.717) is 50.9 Å². The molecule has 240 valence electrons. The molecule has 3 saturated carbocycles. The molecular weight excluding hydrogens is 556 g/mol. The minimum Gasteiger partial charge on any atom is -0.508 e. The molecule has 0 aromatic heterocycles. The van der Waals surface area contributed by atoms with Gasteiger partial charge in [-0.2, -0.15) is 0 Å². The Balaban J connectivity index is 1.35. The number of phenolic OH excluding ortho intramolecular Hbond substituents is 1. The lowest BCUT2D eigenvalue weighted by Crippen LogP contribution is -2.66. The van der Waals surface area contributed by atoms with Crippen molar-refractivity contribution in [3.63, 3.8) is 0 Å². The third kappa shape index (κ3) is 4.15. The van der Waals surface area contributed by atoms with Crippen molar-refractivity contribution in [3.05, 3.63) is 53.6 Å². The smallest absolute Gasteiger partial charge is 0.159 e. The minimum atomic E-state index is -1.33. The second-order valence-electron chi connectivity index (χ2n) is 15.9. The highest BCUT2D eigenvalue weighted by molar-refractivity contribution is 5.95. The number of ketones is 1. The summed E-state index contributed by atoms with van der Waals surface area (Å²) in [6.45, 7) is 8.63. The van der Waals surface area contributed by atoms with Gasteiger partial charge in [0.1, 0.15) is 17.5 Å². The van der Waals surface area contributed by atoms with Crippen molar-refractivity contribution in [2.24, 2.45) is 46.3 Å². The first-order chi connectivity index (χ1) is 20.8. The number of benzene rings is 1. The van der Waals surface area contributed by atoms with Gasteiger partial charge in [0.2, 0.25) is 0 Å². The van der Waals surface area contributed by atoms with E-state index < -0.39 is 40.2 Å². The number of carbonyl (C=O) groups excluding carboxylic acids is 1. The van der Waals surface area contributed by atoms with Crippen LogP contribution in [0.25, 0.3) is 0 Å². The SMILES string of the molecule is CC(C)[C@@H](C)[C@@H]1O[C@H]1[C@@]1(O)CC=C[C@@H]2C[C@H]3C(=CC(=O)[C@@H]4C[C@@H](O)[C@@H](O)C[C@@]43C)[C@]3(O)CC[C@H]1[C@@]23CCc1cccc(O)c1. The Morgan fingerprint density at radius 3 is 2.57 bits per heavy atom. The van der Waals surface area contributed by atoms with Crippen LogP contribution in [0.3, 0.4) is 0 Å². The van der Waals surface area contributed by atoms with Crippen LogP contribution in [0.2, 0.25) is 0 Å². The first kappa shape index (κ1) is 30.6. The molecule has 5 N–H and O–H groups in total. The summed E-state index contributed by atoms with van der Waals surface area (Å²) in [6, 6.07) is 7.27. The van der Waals surface area contributed by atoms with Gasteiger partial charge in [0.25, 0.3) is 0 Å². The largest absolute Gasteiger partial charge is 0.508 e. The van der Waals surface area contributed by atoms with Crippen LogP contribution in [-0.2, 0) is 16.0 Å². The maximum absolute atomic E-state index is 13.8. The van der Waals surface area contributed by atoms with Crippen LogP contribution < -0.4 is 0 Å². The number of epoxide rings is 1. The van der Waals surface area contributed by atoms with Gasteiger partial charge in [-0.3, -0.25) is 4.79 Å². The summed E-state index contributed by atoms with van der Waals surface area (Å²) in [5, 5.41) is 57.7. The van der Waals surface area contributed by atoms with E-state index in [-0.39, 0.29) is 53.8 Å². The zero-order chi connectivity index (χ0) is 31.4. The highest BCUT2D eigenvalue weighted by Gasteiger charge is 2.75. The number of carbonyl (C=O) groups is 1. The molecule has 0 amide bonds. The fraction of sp³-hybridized carbons (Fsp3) is 0.703. The molecule has 1 aromatic carbocycles. The number of phenols is 1. The number of fused-ring (bicyclic) bond motifs is 4. The zero-order valence-corrected chi connectivity index (χ0v) is 26.5. The standard InChI is InChI=1S/C37H50O7/c1-20(2)21(3)32-33(44-32)36(42)12-6-8-23-16-25-26(17-28(39)27-18-29(40)30(41)19-34(25,27)4)37(43)14-11-31(36)35(23,37)13-10-22-7-5-9-24(38)15-22/h5-9,15,17,20-21,23,25,27,29-33,38,40-43H,10-14,16,18-19H2,1-4H3/t21-,23-,25+,27+,29-,30+,31+,32+,33-,34-,35-,36-,37-/m1/s1. The lowest BCUT2D eigenvalue weighted by molar-refractivity contribution is -0.182. The number of aliphatic hydroxyl groups excluding tert-OH is 2. The molecule has 1 aromatic rings.